The second-order valence-corrected chi connectivity index (χ2v) is 17.3. The zero-order chi connectivity index (χ0) is 31.6. The van der Waals surface area contributed by atoms with Crippen LogP contribution in [-0.4, -0.2) is 12.1 Å². The molecule has 0 aliphatic heterocycles. The van der Waals surface area contributed by atoms with Crippen LogP contribution in [-0.2, 0) is 9.53 Å². The van der Waals surface area contributed by atoms with Crippen LogP contribution in [0.5, 0.6) is 0 Å². The van der Waals surface area contributed by atoms with Crippen molar-refractivity contribution in [1.82, 2.24) is 0 Å². The zero-order valence-electron chi connectivity index (χ0n) is 30.4. The van der Waals surface area contributed by atoms with Gasteiger partial charge in [0.05, 0.1) is 0 Å². The molecule has 254 valence electrons. The average Bonchev–Trinajstić information content (AvgIpc) is 3.35. The summed E-state index contributed by atoms with van der Waals surface area (Å²) in [6.07, 6.45) is 34.0. The predicted molar refractivity (Wildman–Crippen MR) is 189 cm³/mol. The van der Waals surface area contributed by atoms with Gasteiger partial charge in [0.25, 0.3) is 0 Å². The van der Waals surface area contributed by atoms with Gasteiger partial charge < -0.3 is 4.74 Å². The molecule has 0 amide bonds. The van der Waals surface area contributed by atoms with Crippen LogP contribution in [0.25, 0.3) is 0 Å². The van der Waals surface area contributed by atoms with E-state index in [0.29, 0.717) is 17.3 Å². The van der Waals surface area contributed by atoms with Crippen molar-refractivity contribution < 1.29 is 9.53 Å². The maximum atomic E-state index is 12.8. The number of rotatable bonds is 19. The largest absolute Gasteiger partial charge is 0.462 e. The van der Waals surface area contributed by atoms with Gasteiger partial charge >= 0.3 is 5.97 Å². The maximum absolute atomic E-state index is 12.8. The molecule has 4 aliphatic carbocycles. The Labute approximate surface area is 274 Å². The third-order valence-electron chi connectivity index (χ3n) is 13.8. The average molecular weight is 611 g/mol. The highest BCUT2D eigenvalue weighted by molar-refractivity contribution is 5.69. The van der Waals surface area contributed by atoms with Gasteiger partial charge in [0, 0.05) is 12.8 Å². The molecule has 8 atom stereocenters. The van der Waals surface area contributed by atoms with Crippen LogP contribution in [0.2, 0.25) is 0 Å². The summed E-state index contributed by atoms with van der Waals surface area (Å²) in [5.74, 6) is 5.34. The first-order valence-corrected chi connectivity index (χ1v) is 20.1. The zero-order valence-corrected chi connectivity index (χ0v) is 30.4. The van der Waals surface area contributed by atoms with Gasteiger partial charge in [-0.3, -0.25) is 4.79 Å². The van der Waals surface area contributed by atoms with Crippen LogP contribution >= 0.6 is 0 Å². The highest BCUT2D eigenvalue weighted by Gasteiger charge is 2.59. The van der Waals surface area contributed by atoms with Crippen molar-refractivity contribution in [2.75, 3.05) is 0 Å². The molecule has 0 aromatic carbocycles. The Balaban J connectivity index is 1.17. The van der Waals surface area contributed by atoms with Gasteiger partial charge in [0.15, 0.2) is 0 Å². The van der Waals surface area contributed by atoms with Gasteiger partial charge in [-0.15, -0.1) is 0 Å². The number of allylic oxidation sites excluding steroid dienone is 1. The molecular formula is C42H74O2. The summed E-state index contributed by atoms with van der Waals surface area (Å²) in [6.45, 7) is 14.9. The molecule has 0 radical (unpaired) electrons. The van der Waals surface area contributed by atoms with E-state index in [1.165, 1.54) is 128 Å². The number of fused-ring (bicyclic) bond motifs is 5. The number of carbonyl (C=O) groups excluding carboxylic acids is 1. The molecule has 3 fully saturated rings. The van der Waals surface area contributed by atoms with E-state index < -0.39 is 0 Å². The van der Waals surface area contributed by atoms with Crippen LogP contribution in [0, 0.1) is 46.3 Å². The Kier molecular flexibility index (Phi) is 14.2. The molecular weight excluding hydrogens is 536 g/mol. The topological polar surface area (TPSA) is 26.3 Å². The summed E-state index contributed by atoms with van der Waals surface area (Å²) >= 11 is 0. The predicted octanol–water partition coefficient (Wildman–Crippen LogP) is 13.0. The van der Waals surface area contributed by atoms with Crippen LogP contribution in [0.3, 0.4) is 0 Å². The molecule has 8 unspecified atom stereocenters. The van der Waals surface area contributed by atoms with E-state index in [2.05, 4.69) is 47.6 Å². The molecule has 0 saturated heterocycles. The fourth-order valence-electron chi connectivity index (χ4n) is 11.1. The van der Waals surface area contributed by atoms with E-state index in [0.717, 1.165) is 54.8 Å². The quantitative estimate of drug-likeness (QED) is 0.0826. The molecule has 2 heteroatoms. The Morgan fingerprint density at radius 2 is 1.45 bits per heavy atom. The van der Waals surface area contributed by atoms with Gasteiger partial charge in [-0.1, -0.05) is 143 Å². The minimum atomic E-state index is 0.0629. The van der Waals surface area contributed by atoms with Crippen LogP contribution in [0.4, 0.5) is 0 Å². The maximum Gasteiger partial charge on any atom is 0.306 e. The van der Waals surface area contributed by atoms with E-state index in [1.54, 1.807) is 5.57 Å². The first kappa shape index (κ1) is 36.1. The number of ether oxygens (including phenoxy) is 1. The van der Waals surface area contributed by atoms with Crippen molar-refractivity contribution in [3.05, 3.63) is 11.6 Å². The lowest BCUT2D eigenvalue weighted by molar-refractivity contribution is -0.151. The number of carbonyl (C=O) groups is 1. The minimum Gasteiger partial charge on any atom is -0.462 e. The van der Waals surface area contributed by atoms with Crippen LogP contribution < -0.4 is 0 Å². The van der Waals surface area contributed by atoms with Crippen molar-refractivity contribution in [2.24, 2.45) is 46.3 Å². The third-order valence-corrected chi connectivity index (χ3v) is 13.8. The van der Waals surface area contributed by atoms with Crippen molar-refractivity contribution in [3.8, 4) is 0 Å². The molecule has 0 aromatic rings. The highest BCUT2D eigenvalue weighted by Crippen LogP contribution is 2.67. The third kappa shape index (κ3) is 9.18. The lowest BCUT2D eigenvalue weighted by atomic mass is 9.47. The number of hydrogen-bond acceptors (Lipinski definition) is 2. The number of esters is 1. The number of unbranched alkanes of at least 4 members (excludes halogenated alkanes) is 11. The first-order chi connectivity index (χ1) is 21.2. The Morgan fingerprint density at radius 3 is 2.11 bits per heavy atom. The summed E-state index contributed by atoms with van der Waals surface area (Å²) < 4.78 is 6.11. The molecule has 4 rings (SSSR count). The van der Waals surface area contributed by atoms with E-state index in [1.807, 2.05) is 0 Å². The minimum absolute atomic E-state index is 0.0629. The van der Waals surface area contributed by atoms with Crippen LogP contribution in [0.1, 0.15) is 196 Å². The lowest BCUT2D eigenvalue weighted by Crippen LogP contribution is -2.51. The Hall–Kier alpha value is -0.790. The summed E-state index contributed by atoms with van der Waals surface area (Å²) in [6, 6.07) is 0. The monoisotopic (exact) mass is 611 g/mol. The van der Waals surface area contributed by atoms with Crippen LogP contribution in [0.15, 0.2) is 11.6 Å². The van der Waals surface area contributed by atoms with Gasteiger partial charge in [-0.2, -0.15) is 0 Å². The number of hydrogen-bond donors (Lipinski definition) is 0. The molecule has 0 heterocycles. The van der Waals surface area contributed by atoms with Gasteiger partial charge in [0.2, 0.25) is 0 Å². The lowest BCUT2D eigenvalue weighted by Gasteiger charge is -2.58. The first-order valence-electron chi connectivity index (χ1n) is 20.1. The van der Waals surface area contributed by atoms with E-state index in [4.69, 9.17) is 4.74 Å². The molecule has 0 aromatic heterocycles. The molecule has 0 N–H and O–H groups in total. The molecule has 3 saturated carbocycles. The summed E-state index contributed by atoms with van der Waals surface area (Å²) in [7, 11) is 0. The SMILES string of the molecule is CCCCCCCCCCCCCCC(=O)OC1CCC2(C)C(=CCC3C2CCC2(C)C(C(C)CCCC(C)C)CCC32)C1. The molecule has 44 heavy (non-hydrogen) atoms. The Morgan fingerprint density at radius 1 is 0.795 bits per heavy atom. The van der Waals surface area contributed by atoms with Crippen molar-refractivity contribution in [1.29, 1.82) is 0 Å². The van der Waals surface area contributed by atoms with Crippen molar-refractivity contribution >= 4 is 5.97 Å². The molecule has 0 spiro atoms. The second kappa shape index (κ2) is 17.4. The second-order valence-electron chi connectivity index (χ2n) is 17.3. The molecule has 2 nitrogen and oxygen atoms in total. The summed E-state index contributed by atoms with van der Waals surface area (Å²) in [5, 5.41) is 0. The standard InChI is InChI=1S/C42H74O2/c1-7-8-9-10-11-12-13-14-15-16-17-18-22-40(43)44-35-27-29-41(5)34(31-35)23-24-36-38-26-25-37(33(4)21-19-20-32(2)3)42(38,6)30-28-39(36)41/h23,32-33,35-39H,7-22,24-31H2,1-6H3. The van der Waals surface area contributed by atoms with E-state index >= 15 is 0 Å². The summed E-state index contributed by atoms with van der Waals surface area (Å²) in [4.78, 5) is 12.8. The normalized spacial score (nSPS) is 33.8. The summed E-state index contributed by atoms with van der Waals surface area (Å²) in [5.41, 5.74) is 2.54. The van der Waals surface area contributed by atoms with E-state index in [-0.39, 0.29) is 12.1 Å². The van der Waals surface area contributed by atoms with E-state index in [9.17, 15) is 4.79 Å². The fraction of sp³-hybridized carbons (Fsp3) is 0.929. The Bertz CT molecular complexity index is 888. The fourth-order valence-corrected chi connectivity index (χ4v) is 11.1. The van der Waals surface area contributed by atoms with Gasteiger partial charge in [-0.25, -0.2) is 0 Å². The van der Waals surface area contributed by atoms with Gasteiger partial charge in [0.1, 0.15) is 6.10 Å². The van der Waals surface area contributed by atoms with Crippen molar-refractivity contribution in [3.63, 3.8) is 0 Å². The molecule has 4 aliphatic rings. The van der Waals surface area contributed by atoms with Gasteiger partial charge in [-0.05, 0) is 97.7 Å². The van der Waals surface area contributed by atoms with Crippen molar-refractivity contribution in [2.45, 2.75) is 202 Å². The highest BCUT2D eigenvalue weighted by atomic mass is 16.5. The smallest absolute Gasteiger partial charge is 0.306 e. The molecule has 0 bridgehead atoms.